The molecule has 2 aliphatic rings. The van der Waals surface area contributed by atoms with Crippen LogP contribution in [-0.4, -0.2) is 61.0 Å². The molecule has 0 bridgehead atoms. The Balaban J connectivity index is 1.63. The fraction of sp³-hybridized carbons (Fsp3) is 0.846. The quantitative estimate of drug-likeness (QED) is 0.862. The van der Waals surface area contributed by atoms with Crippen LogP contribution >= 0.6 is 0 Å². The average Bonchev–Trinajstić information content (AvgIpc) is 2.99. The van der Waals surface area contributed by atoms with Crippen LogP contribution in [0.25, 0.3) is 0 Å². The second-order valence-electron chi connectivity index (χ2n) is 5.23. The zero-order valence-electron chi connectivity index (χ0n) is 11.9. The van der Waals surface area contributed by atoms with Gasteiger partial charge in [-0.3, -0.25) is 4.90 Å². The van der Waals surface area contributed by atoms with Gasteiger partial charge in [-0.25, -0.2) is 0 Å². The molecule has 2 atom stereocenters. The number of hydrogen-bond donors (Lipinski definition) is 1. The van der Waals surface area contributed by atoms with Crippen molar-refractivity contribution in [3.05, 3.63) is 11.7 Å². The summed E-state index contributed by atoms with van der Waals surface area (Å²) in [5, 5.41) is 7.38. The van der Waals surface area contributed by atoms with Crippen LogP contribution in [0.15, 0.2) is 4.52 Å². The Labute approximate surface area is 118 Å². The molecule has 0 spiro atoms. The van der Waals surface area contributed by atoms with Crippen molar-refractivity contribution in [2.24, 2.45) is 0 Å². The first-order valence-corrected chi connectivity index (χ1v) is 7.35. The predicted molar refractivity (Wildman–Crippen MR) is 71.3 cm³/mol. The molecule has 3 heterocycles. The van der Waals surface area contributed by atoms with Gasteiger partial charge in [0, 0.05) is 19.6 Å². The van der Waals surface area contributed by atoms with Crippen molar-refractivity contribution in [1.82, 2.24) is 20.4 Å². The van der Waals surface area contributed by atoms with E-state index in [9.17, 15) is 0 Å². The van der Waals surface area contributed by atoms with Crippen LogP contribution in [0.4, 0.5) is 0 Å². The topological polar surface area (TPSA) is 72.7 Å². The number of rotatable bonds is 4. The molecule has 0 amide bonds. The molecule has 0 radical (unpaired) electrons. The largest absolute Gasteiger partial charge is 0.378 e. The van der Waals surface area contributed by atoms with E-state index in [0.717, 1.165) is 45.8 Å². The van der Waals surface area contributed by atoms with Crippen molar-refractivity contribution < 1.29 is 14.0 Å². The van der Waals surface area contributed by atoms with Crippen molar-refractivity contribution in [3.8, 4) is 0 Å². The molecule has 7 heteroatoms. The minimum Gasteiger partial charge on any atom is -0.378 e. The summed E-state index contributed by atoms with van der Waals surface area (Å²) in [6.07, 6.45) is 1.06. The molecule has 1 aromatic heterocycles. The number of aromatic nitrogens is 2. The first-order chi connectivity index (χ1) is 9.86. The van der Waals surface area contributed by atoms with Gasteiger partial charge in [0.2, 0.25) is 11.7 Å². The summed E-state index contributed by atoms with van der Waals surface area (Å²) in [6.45, 7) is 7.93. The highest BCUT2D eigenvalue weighted by atomic mass is 16.5. The molecule has 20 heavy (non-hydrogen) atoms. The zero-order chi connectivity index (χ0) is 13.8. The maximum atomic E-state index is 5.76. The number of morpholine rings is 2. The molecule has 1 N–H and O–H groups in total. The minimum absolute atomic E-state index is 0.000311. The van der Waals surface area contributed by atoms with Crippen molar-refractivity contribution in [2.45, 2.75) is 25.5 Å². The van der Waals surface area contributed by atoms with Crippen molar-refractivity contribution in [2.75, 3.05) is 46.0 Å². The average molecular weight is 282 g/mol. The third kappa shape index (κ3) is 3.17. The van der Waals surface area contributed by atoms with E-state index >= 15 is 0 Å². The fourth-order valence-electron chi connectivity index (χ4n) is 2.62. The fourth-order valence-corrected chi connectivity index (χ4v) is 2.62. The lowest BCUT2D eigenvalue weighted by Gasteiger charge is -2.30. The summed E-state index contributed by atoms with van der Waals surface area (Å²) in [4.78, 5) is 6.86. The summed E-state index contributed by atoms with van der Waals surface area (Å²) in [5.74, 6) is 1.24. The second kappa shape index (κ2) is 6.62. The van der Waals surface area contributed by atoms with Crippen molar-refractivity contribution >= 4 is 0 Å². The van der Waals surface area contributed by atoms with Gasteiger partial charge in [-0.15, -0.1) is 0 Å². The molecule has 0 aliphatic carbocycles. The molecule has 0 saturated carbocycles. The number of ether oxygens (including phenoxy) is 2. The van der Waals surface area contributed by atoms with E-state index in [-0.39, 0.29) is 12.1 Å². The lowest BCUT2D eigenvalue weighted by atomic mass is 10.2. The van der Waals surface area contributed by atoms with Gasteiger partial charge in [0.15, 0.2) is 0 Å². The maximum Gasteiger partial charge on any atom is 0.246 e. The third-order valence-corrected chi connectivity index (χ3v) is 3.66. The molecule has 2 unspecified atom stereocenters. The van der Waals surface area contributed by atoms with Crippen LogP contribution in [0.5, 0.6) is 0 Å². The van der Waals surface area contributed by atoms with E-state index in [2.05, 4.69) is 27.3 Å². The summed E-state index contributed by atoms with van der Waals surface area (Å²) < 4.78 is 16.5. The Hall–Kier alpha value is -1.02. The Bertz CT molecular complexity index is 418. The van der Waals surface area contributed by atoms with E-state index in [1.54, 1.807) is 0 Å². The Morgan fingerprint density at radius 2 is 2.35 bits per heavy atom. The Morgan fingerprint density at radius 3 is 3.15 bits per heavy atom. The Morgan fingerprint density at radius 1 is 1.40 bits per heavy atom. The van der Waals surface area contributed by atoms with Crippen LogP contribution in [0.1, 0.15) is 37.2 Å². The van der Waals surface area contributed by atoms with Crippen LogP contribution < -0.4 is 5.32 Å². The van der Waals surface area contributed by atoms with E-state index in [0.29, 0.717) is 18.3 Å². The lowest BCUT2D eigenvalue weighted by molar-refractivity contribution is -0.0350. The molecule has 2 saturated heterocycles. The number of nitrogens with zero attached hydrogens (tertiary/aromatic N) is 3. The molecule has 2 aliphatic heterocycles. The SMILES string of the molecule is CCCN1CCOC(c2noc(C3COCCN3)n2)C1. The summed E-state index contributed by atoms with van der Waals surface area (Å²) >= 11 is 0. The molecular weight excluding hydrogens is 260 g/mol. The molecule has 1 aromatic rings. The zero-order valence-corrected chi connectivity index (χ0v) is 11.9. The maximum absolute atomic E-state index is 5.76. The van der Waals surface area contributed by atoms with E-state index < -0.39 is 0 Å². The molecule has 7 nitrogen and oxygen atoms in total. The standard InChI is InChI=1S/C13H22N4O3/c1-2-4-17-5-7-19-11(8-17)12-15-13(20-16-12)10-9-18-6-3-14-10/h10-11,14H,2-9H2,1H3. The summed E-state index contributed by atoms with van der Waals surface area (Å²) in [6, 6.07) is 0.000311. The highest BCUT2D eigenvalue weighted by molar-refractivity contribution is 4.98. The van der Waals surface area contributed by atoms with Gasteiger partial charge in [-0.1, -0.05) is 12.1 Å². The molecule has 112 valence electrons. The highest BCUT2D eigenvalue weighted by Crippen LogP contribution is 2.22. The van der Waals surface area contributed by atoms with Gasteiger partial charge in [-0.2, -0.15) is 4.98 Å². The van der Waals surface area contributed by atoms with Gasteiger partial charge < -0.3 is 19.3 Å². The number of hydrogen-bond acceptors (Lipinski definition) is 7. The van der Waals surface area contributed by atoms with Gasteiger partial charge in [0.05, 0.1) is 19.8 Å². The first-order valence-electron chi connectivity index (χ1n) is 7.35. The normalized spacial score (nSPS) is 28.6. The molecule has 0 aromatic carbocycles. The van der Waals surface area contributed by atoms with E-state index in [1.807, 2.05) is 0 Å². The monoisotopic (exact) mass is 282 g/mol. The molecule has 3 rings (SSSR count). The van der Waals surface area contributed by atoms with Crippen LogP contribution in [-0.2, 0) is 9.47 Å². The van der Waals surface area contributed by atoms with Gasteiger partial charge in [0.25, 0.3) is 0 Å². The Kier molecular flexibility index (Phi) is 4.62. The first kappa shape index (κ1) is 13.9. The highest BCUT2D eigenvalue weighted by Gasteiger charge is 2.28. The number of nitrogens with one attached hydrogen (secondary N) is 1. The van der Waals surface area contributed by atoms with Gasteiger partial charge in [0.1, 0.15) is 12.1 Å². The molecular formula is C13H22N4O3. The van der Waals surface area contributed by atoms with Crippen molar-refractivity contribution in [3.63, 3.8) is 0 Å². The smallest absolute Gasteiger partial charge is 0.246 e. The minimum atomic E-state index is -0.0858. The third-order valence-electron chi connectivity index (χ3n) is 3.66. The van der Waals surface area contributed by atoms with E-state index in [4.69, 9.17) is 14.0 Å². The summed E-state index contributed by atoms with van der Waals surface area (Å²) in [5.41, 5.74) is 0. The molecule has 2 fully saturated rings. The van der Waals surface area contributed by atoms with Crippen LogP contribution in [0, 0.1) is 0 Å². The predicted octanol–water partition coefficient (Wildman–Crippen LogP) is 0.514. The van der Waals surface area contributed by atoms with Crippen LogP contribution in [0.2, 0.25) is 0 Å². The second-order valence-corrected chi connectivity index (χ2v) is 5.23. The van der Waals surface area contributed by atoms with Gasteiger partial charge in [-0.05, 0) is 13.0 Å². The van der Waals surface area contributed by atoms with Gasteiger partial charge >= 0.3 is 0 Å². The van der Waals surface area contributed by atoms with E-state index in [1.165, 1.54) is 0 Å². The van der Waals surface area contributed by atoms with Crippen molar-refractivity contribution in [1.29, 1.82) is 0 Å². The van der Waals surface area contributed by atoms with Crippen LogP contribution in [0.3, 0.4) is 0 Å². The lowest BCUT2D eigenvalue weighted by Crippen LogP contribution is -2.39. The summed E-state index contributed by atoms with van der Waals surface area (Å²) in [7, 11) is 0.